The maximum absolute atomic E-state index is 12.7. The number of aliphatic imine (C=N–C) groups is 1. The van der Waals surface area contributed by atoms with Gasteiger partial charge in [0.05, 0.1) is 22.8 Å². The van der Waals surface area contributed by atoms with E-state index in [1.54, 1.807) is 67.6 Å². The first-order valence-corrected chi connectivity index (χ1v) is 12.8. The molecular weight excluding hydrogens is 532 g/mol. The van der Waals surface area contributed by atoms with Gasteiger partial charge in [-0.25, -0.2) is 4.79 Å². The van der Waals surface area contributed by atoms with E-state index in [9.17, 15) is 19.7 Å². The highest BCUT2D eigenvalue weighted by Gasteiger charge is 2.14. The second kappa shape index (κ2) is 13.2. The molecule has 4 aromatic carbocycles. The Morgan fingerprint density at radius 2 is 1.55 bits per heavy atom. The van der Waals surface area contributed by atoms with Crippen LogP contribution < -0.4 is 9.47 Å². The summed E-state index contributed by atoms with van der Waals surface area (Å²) in [6, 6.07) is 24.1. The molecule has 4 rings (SSSR count). The quantitative estimate of drug-likeness (QED) is 0.0515. The molecule has 10 heteroatoms. The van der Waals surface area contributed by atoms with Crippen LogP contribution in [0.2, 0.25) is 0 Å². The van der Waals surface area contributed by atoms with Gasteiger partial charge in [0, 0.05) is 0 Å². The lowest BCUT2D eigenvalue weighted by Crippen LogP contribution is -2.19. The first-order valence-electron chi connectivity index (χ1n) is 12.4. The molecule has 0 spiro atoms. The topological polar surface area (TPSA) is 117 Å². The van der Waals surface area contributed by atoms with Crippen LogP contribution in [-0.4, -0.2) is 28.3 Å². The molecule has 40 heavy (non-hydrogen) atoms. The molecule has 0 saturated carbocycles. The maximum atomic E-state index is 12.7. The fourth-order valence-electron chi connectivity index (χ4n) is 4.01. The van der Waals surface area contributed by atoms with Crippen molar-refractivity contribution in [1.29, 1.82) is 0 Å². The summed E-state index contributed by atoms with van der Waals surface area (Å²) in [5.41, 5.74) is 2.56. The summed E-state index contributed by atoms with van der Waals surface area (Å²) >= 11 is 4.57. The Morgan fingerprint density at radius 1 is 0.900 bits per heavy atom. The van der Waals surface area contributed by atoms with Crippen molar-refractivity contribution in [1.82, 2.24) is 0 Å². The Hall–Kier alpha value is -4.92. The number of benzene rings is 4. The third-order valence-corrected chi connectivity index (χ3v) is 6.11. The van der Waals surface area contributed by atoms with Crippen LogP contribution in [0.3, 0.4) is 0 Å². The molecule has 0 aliphatic rings. The van der Waals surface area contributed by atoms with Crippen LogP contribution in [0.1, 0.15) is 34.8 Å². The van der Waals surface area contributed by atoms with Gasteiger partial charge in [0.25, 0.3) is 5.09 Å². The van der Waals surface area contributed by atoms with E-state index in [4.69, 9.17) is 9.47 Å². The van der Waals surface area contributed by atoms with E-state index in [2.05, 4.69) is 27.2 Å². The Morgan fingerprint density at radius 3 is 2.23 bits per heavy atom. The van der Waals surface area contributed by atoms with Gasteiger partial charge in [-0.05, 0) is 95.5 Å². The highest BCUT2D eigenvalue weighted by atomic mass is 32.1. The number of nitrogens with zero attached hydrogens (tertiary/aromatic N) is 2. The smallest absolute Gasteiger partial charge is 0.343 e. The van der Waals surface area contributed by atoms with Crippen LogP contribution in [0.25, 0.3) is 10.8 Å². The third kappa shape index (κ3) is 7.80. The monoisotopic (exact) mass is 556 g/mol. The maximum Gasteiger partial charge on any atom is 0.343 e. The highest BCUT2D eigenvalue weighted by Crippen LogP contribution is 2.24. The second-order valence-corrected chi connectivity index (χ2v) is 9.02. The van der Waals surface area contributed by atoms with Crippen molar-refractivity contribution >= 4 is 45.8 Å². The summed E-state index contributed by atoms with van der Waals surface area (Å²) in [5.74, 6) is -0.150. The van der Waals surface area contributed by atoms with Crippen molar-refractivity contribution in [2.24, 2.45) is 4.99 Å². The molecule has 9 nitrogen and oxygen atoms in total. The standard InChI is InChI=1S/C30H24N2O7S/c1-2-26(39-32(35)36)16-20-3-6-22(7-4-20)30(34)38-28-12-9-23-15-21(5-8-24(23)18-28)17-29(33)37-27-13-10-25(11-14-27)31-19-40/h3-15,18,26H,2,16-17H2,1H3. The molecular formula is C30H24N2O7S. The number of rotatable bonds is 11. The lowest BCUT2D eigenvalue weighted by atomic mass is 10.0. The molecule has 0 aromatic heterocycles. The molecule has 0 bridgehead atoms. The number of ether oxygens (including phenoxy) is 2. The summed E-state index contributed by atoms with van der Waals surface area (Å²) < 4.78 is 10.9. The normalized spacial score (nSPS) is 11.2. The predicted octanol–water partition coefficient (Wildman–Crippen LogP) is 6.47. The average Bonchev–Trinajstić information content (AvgIpc) is 2.94. The molecule has 1 atom stereocenters. The molecule has 1 unspecified atom stereocenters. The summed E-state index contributed by atoms with van der Waals surface area (Å²) in [7, 11) is 0. The van der Waals surface area contributed by atoms with Gasteiger partial charge in [0.1, 0.15) is 17.6 Å². The number of isothiocyanates is 1. The van der Waals surface area contributed by atoms with Crippen LogP contribution in [0.5, 0.6) is 11.5 Å². The number of carbonyl (C=O) groups excluding carboxylic acids is 2. The summed E-state index contributed by atoms with van der Waals surface area (Å²) in [5, 5.41) is 13.8. The van der Waals surface area contributed by atoms with E-state index in [0.717, 1.165) is 21.9 Å². The van der Waals surface area contributed by atoms with Crippen LogP contribution in [-0.2, 0) is 22.5 Å². The molecule has 0 amide bonds. The van der Waals surface area contributed by atoms with Gasteiger partial charge in [-0.15, -0.1) is 10.1 Å². The van der Waals surface area contributed by atoms with E-state index in [1.807, 2.05) is 24.3 Å². The molecule has 0 saturated heterocycles. The molecule has 0 aliphatic carbocycles. The summed E-state index contributed by atoms with van der Waals surface area (Å²) in [6.45, 7) is 1.81. The minimum Gasteiger partial charge on any atom is -0.426 e. The van der Waals surface area contributed by atoms with E-state index >= 15 is 0 Å². The van der Waals surface area contributed by atoms with Crippen LogP contribution in [0.15, 0.2) is 89.9 Å². The number of carbonyl (C=O) groups is 2. The Labute approximate surface area is 235 Å². The minimum absolute atomic E-state index is 0.0830. The molecule has 0 fully saturated rings. The second-order valence-electron chi connectivity index (χ2n) is 8.84. The molecule has 0 N–H and O–H groups in total. The van der Waals surface area contributed by atoms with Crippen molar-refractivity contribution < 1.29 is 29.0 Å². The van der Waals surface area contributed by atoms with Gasteiger partial charge in [-0.2, -0.15) is 4.99 Å². The lowest BCUT2D eigenvalue weighted by Gasteiger charge is -2.12. The average molecular weight is 557 g/mol. The molecule has 0 radical (unpaired) electrons. The Kier molecular flexibility index (Phi) is 9.30. The number of hydrogen-bond donors (Lipinski definition) is 0. The van der Waals surface area contributed by atoms with Crippen LogP contribution in [0.4, 0.5) is 5.69 Å². The zero-order valence-electron chi connectivity index (χ0n) is 21.4. The van der Waals surface area contributed by atoms with Gasteiger partial charge >= 0.3 is 11.9 Å². The first kappa shape index (κ1) is 28.1. The van der Waals surface area contributed by atoms with Gasteiger partial charge < -0.3 is 14.3 Å². The lowest BCUT2D eigenvalue weighted by molar-refractivity contribution is -0.768. The molecule has 0 heterocycles. The Bertz CT molecular complexity index is 1580. The zero-order chi connectivity index (χ0) is 28.5. The van der Waals surface area contributed by atoms with Crippen LogP contribution in [0, 0.1) is 10.1 Å². The third-order valence-electron chi connectivity index (χ3n) is 6.02. The SMILES string of the molecule is CCC(Cc1ccc(C(=O)Oc2ccc3cc(CC(=O)Oc4ccc(N=C=S)cc4)ccc3c2)cc1)O[N+](=O)[O-]. The minimum atomic E-state index is -0.792. The number of hydrogen-bond acceptors (Lipinski definition) is 9. The van der Waals surface area contributed by atoms with Crippen molar-refractivity contribution in [2.75, 3.05) is 0 Å². The van der Waals surface area contributed by atoms with E-state index in [0.29, 0.717) is 35.6 Å². The van der Waals surface area contributed by atoms with Crippen molar-refractivity contribution in [3.63, 3.8) is 0 Å². The molecule has 4 aromatic rings. The van der Waals surface area contributed by atoms with Crippen LogP contribution >= 0.6 is 12.2 Å². The van der Waals surface area contributed by atoms with Crippen molar-refractivity contribution in [3.8, 4) is 11.5 Å². The summed E-state index contributed by atoms with van der Waals surface area (Å²) in [4.78, 5) is 44.2. The predicted molar refractivity (Wildman–Crippen MR) is 152 cm³/mol. The first-order chi connectivity index (χ1) is 19.3. The highest BCUT2D eigenvalue weighted by molar-refractivity contribution is 7.78. The number of esters is 2. The largest absolute Gasteiger partial charge is 0.426 e. The van der Waals surface area contributed by atoms with Crippen molar-refractivity contribution in [2.45, 2.75) is 32.3 Å². The van der Waals surface area contributed by atoms with Gasteiger partial charge in [-0.1, -0.05) is 43.3 Å². The van der Waals surface area contributed by atoms with Gasteiger partial charge in [0.2, 0.25) is 0 Å². The van der Waals surface area contributed by atoms with Gasteiger partial charge in [-0.3, -0.25) is 4.79 Å². The molecule has 202 valence electrons. The summed E-state index contributed by atoms with van der Waals surface area (Å²) in [6.07, 6.45) is 0.373. The number of thiocarbonyl (C=S) groups is 1. The van der Waals surface area contributed by atoms with Crippen molar-refractivity contribution in [3.05, 3.63) is 112 Å². The zero-order valence-corrected chi connectivity index (χ0v) is 22.3. The Balaban J connectivity index is 1.35. The van der Waals surface area contributed by atoms with E-state index < -0.39 is 23.1 Å². The van der Waals surface area contributed by atoms with E-state index in [1.165, 1.54) is 0 Å². The molecule has 0 aliphatic heterocycles. The fourth-order valence-corrected chi connectivity index (χ4v) is 4.11. The van der Waals surface area contributed by atoms with Gasteiger partial charge in [0.15, 0.2) is 0 Å². The number of fused-ring (bicyclic) bond motifs is 1. The fraction of sp³-hybridized carbons (Fsp3) is 0.167. The van der Waals surface area contributed by atoms with E-state index in [-0.39, 0.29) is 6.42 Å².